The average molecular weight is 872 g/mol. The van der Waals surface area contributed by atoms with Gasteiger partial charge in [0, 0.05) is 44.4 Å². The summed E-state index contributed by atoms with van der Waals surface area (Å²) in [6.07, 6.45) is 0. The van der Waals surface area contributed by atoms with Crippen LogP contribution in [-0.4, -0.2) is 10.4 Å². The van der Waals surface area contributed by atoms with Crippen molar-refractivity contribution in [2.75, 3.05) is 9.80 Å². The zero-order chi connectivity index (χ0) is 45.5. The highest BCUT2D eigenvalue weighted by Crippen LogP contribution is 2.55. The molecule has 0 bridgehead atoms. The minimum atomic E-state index is -0.291. The molecule has 1 aromatic heterocycles. The van der Waals surface area contributed by atoms with Gasteiger partial charge in [0.05, 0.1) is 33.8 Å². The third-order valence-corrected chi connectivity index (χ3v) is 14.3. The molecule has 2 heterocycles. The van der Waals surface area contributed by atoms with Crippen LogP contribution >= 0.6 is 0 Å². The Kier molecular flexibility index (Phi) is 8.99. The second-order valence-corrected chi connectivity index (χ2v) is 18.5. The van der Waals surface area contributed by atoms with Crippen molar-refractivity contribution in [1.82, 2.24) is 4.57 Å². The number of carbonyl (C=O) groups is 1. The molecule has 0 fully saturated rings. The number of carbonyl (C=O) groups excluding carboxylic acids is 1. The van der Waals surface area contributed by atoms with Crippen LogP contribution in [0.5, 0.6) is 0 Å². The number of benzene rings is 10. The maximum atomic E-state index is 14.1. The number of anilines is 6. The first-order chi connectivity index (χ1) is 33.4. The third-order valence-electron chi connectivity index (χ3n) is 14.3. The first kappa shape index (κ1) is 39.6. The predicted octanol–water partition coefficient (Wildman–Crippen LogP) is 16.9. The van der Waals surface area contributed by atoms with Gasteiger partial charge in [-0.3, -0.25) is 4.79 Å². The smallest absolute Gasteiger partial charge is 0.193 e. The van der Waals surface area contributed by atoms with Crippen molar-refractivity contribution in [3.05, 3.63) is 259 Å². The normalized spacial score (nSPS) is 13.5. The number of nitrogens with zero attached hydrogens (tertiary/aromatic N) is 3. The molecule has 322 valence electrons. The summed E-state index contributed by atoms with van der Waals surface area (Å²) in [4.78, 5) is 18.9. The Hall–Kier alpha value is -8.73. The molecule has 11 aromatic rings. The Morgan fingerprint density at radius 2 is 0.853 bits per heavy atom. The maximum absolute atomic E-state index is 14.1. The molecule has 0 atom stereocenters. The van der Waals surface area contributed by atoms with Crippen molar-refractivity contribution in [2.45, 2.75) is 19.3 Å². The molecule has 10 aromatic carbocycles. The van der Waals surface area contributed by atoms with Gasteiger partial charge in [-0.1, -0.05) is 166 Å². The molecule has 13 rings (SSSR count). The molecule has 1 aliphatic heterocycles. The molecule has 4 nitrogen and oxygen atoms in total. The van der Waals surface area contributed by atoms with Crippen LogP contribution in [0.4, 0.5) is 34.1 Å². The first-order valence-corrected chi connectivity index (χ1v) is 23.4. The number of hydrogen-bond acceptors (Lipinski definition) is 3. The van der Waals surface area contributed by atoms with E-state index in [9.17, 15) is 4.79 Å². The summed E-state index contributed by atoms with van der Waals surface area (Å²) in [5.74, 6) is 0.0839. The van der Waals surface area contributed by atoms with E-state index >= 15 is 0 Å². The minimum absolute atomic E-state index is 0.0839. The second-order valence-electron chi connectivity index (χ2n) is 18.5. The van der Waals surface area contributed by atoms with E-state index in [0.29, 0.717) is 0 Å². The Bertz CT molecular complexity index is 3790. The summed E-state index contributed by atoms with van der Waals surface area (Å²) < 4.78 is 2.39. The molecule has 0 amide bonds. The van der Waals surface area contributed by atoms with E-state index in [1.807, 2.05) is 18.2 Å². The van der Waals surface area contributed by atoms with Crippen LogP contribution in [0.2, 0.25) is 0 Å². The highest BCUT2D eigenvalue weighted by molar-refractivity contribution is 6.14. The van der Waals surface area contributed by atoms with Gasteiger partial charge in [0.2, 0.25) is 0 Å². The monoisotopic (exact) mass is 871 g/mol. The Labute approximate surface area is 396 Å². The highest BCUT2D eigenvalue weighted by Gasteiger charge is 2.37. The van der Waals surface area contributed by atoms with E-state index in [0.717, 1.165) is 84.3 Å². The van der Waals surface area contributed by atoms with E-state index in [-0.39, 0.29) is 11.2 Å². The lowest BCUT2D eigenvalue weighted by atomic mass is 9.68. The van der Waals surface area contributed by atoms with Crippen LogP contribution in [0, 0.1) is 0 Å². The third kappa shape index (κ3) is 6.18. The lowest BCUT2D eigenvalue weighted by molar-refractivity contribution is 0.103. The first-order valence-electron chi connectivity index (χ1n) is 23.4. The topological polar surface area (TPSA) is 28.5 Å². The number of para-hydroxylation sites is 4. The summed E-state index contributed by atoms with van der Waals surface area (Å²) in [6, 6.07) is 84.6. The fraction of sp³-hybridized carbons (Fsp3) is 0.0469. The van der Waals surface area contributed by atoms with Gasteiger partial charge >= 0.3 is 0 Å². The molecule has 0 saturated heterocycles. The molecular weight excluding hydrogens is 827 g/mol. The van der Waals surface area contributed by atoms with Gasteiger partial charge < -0.3 is 14.4 Å². The molecule has 0 saturated carbocycles. The van der Waals surface area contributed by atoms with Gasteiger partial charge in [0.1, 0.15) is 0 Å². The Morgan fingerprint density at radius 3 is 1.66 bits per heavy atom. The maximum Gasteiger partial charge on any atom is 0.193 e. The number of ketones is 1. The Balaban J connectivity index is 0.946. The molecule has 68 heavy (non-hydrogen) atoms. The van der Waals surface area contributed by atoms with Crippen LogP contribution < -0.4 is 9.80 Å². The van der Waals surface area contributed by atoms with Crippen LogP contribution in [-0.2, 0) is 5.41 Å². The van der Waals surface area contributed by atoms with Crippen molar-refractivity contribution in [3.63, 3.8) is 0 Å². The van der Waals surface area contributed by atoms with Crippen LogP contribution in [0.3, 0.4) is 0 Å². The molecule has 0 spiro atoms. The second kappa shape index (κ2) is 15.4. The summed E-state index contributed by atoms with van der Waals surface area (Å²) in [6.45, 7) is 4.44. The molecule has 4 heteroatoms. The summed E-state index contributed by atoms with van der Waals surface area (Å²) in [5, 5.41) is 2.42. The van der Waals surface area contributed by atoms with E-state index in [1.54, 1.807) is 0 Å². The number of fused-ring (bicyclic) bond motifs is 7. The van der Waals surface area contributed by atoms with E-state index in [4.69, 9.17) is 0 Å². The fourth-order valence-electron chi connectivity index (χ4n) is 11.0. The van der Waals surface area contributed by atoms with Gasteiger partial charge in [-0.05, 0) is 129 Å². The molecule has 1 aliphatic carbocycles. The summed E-state index contributed by atoms with van der Waals surface area (Å²) in [5.41, 5.74) is 20.1. The average Bonchev–Trinajstić information content (AvgIpc) is 3.73. The van der Waals surface area contributed by atoms with Crippen LogP contribution in [0.1, 0.15) is 40.9 Å². The van der Waals surface area contributed by atoms with Gasteiger partial charge in [-0.15, -0.1) is 0 Å². The van der Waals surface area contributed by atoms with Gasteiger partial charge in [0.25, 0.3) is 0 Å². The standard InChI is InChI=1S/C64H45N3O/c1-64(2)55-24-11-9-23-52(55)63(68)54-40-45(30-35-56(54)64)44-18-15-21-50(38-44)67-60-27-14-13-26-59(60)66(48-19-7-4-8-20-48)61-37-32-47(41-62(61)67)46-31-36-58-53(39-46)51-22-10-12-25-57(51)65(58)49-33-28-43(29-34-49)42-16-5-3-6-17-42/h3-41H,1-2H3. The van der Waals surface area contributed by atoms with Crippen molar-refractivity contribution in [3.8, 4) is 39.1 Å². The SMILES string of the molecule is CC1(C)c2ccccc2C(=O)c2cc(-c3cccc(N4c5ccccc5N(c5ccccc5)c5ccc(-c6ccc7c(c6)c6ccccc6n7-c6ccc(-c7ccccc7)cc6)cc54)c3)ccc21. The van der Waals surface area contributed by atoms with Gasteiger partial charge in [0.15, 0.2) is 5.78 Å². The minimum Gasteiger partial charge on any atom is -0.309 e. The molecule has 0 N–H and O–H groups in total. The van der Waals surface area contributed by atoms with E-state index < -0.39 is 0 Å². The van der Waals surface area contributed by atoms with Gasteiger partial charge in [-0.2, -0.15) is 0 Å². The van der Waals surface area contributed by atoms with Crippen molar-refractivity contribution < 1.29 is 4.79 Å². The van der Waals surface area contributed by atoms with E-state index in [1.165, 1.54) is 32.9 Å². The quantitative estimate of drug-likeness (QED) is 0.167. The fourth-order valence-corrected chi connectivity index (χ4v) is 11.0. The zero-order valence-corrected chi connectivity index (χ0v) is 37.8. The lowest BCUT2D eigenvalue weighted by Gasteiger charge is -2.40. The molecular formula is C64H45N3O. The highest BCUT2D eigenvalue weighted by atomic mass is 16.1. The summed E-state index contributed by atoms with van der Waals surface area (Å²) in [7, 11) is 0. The van der Waals surface area contributed by atoms with Crippen LogP contribution in [0.15, 0.2) is 237 Å². The van der Waals surface area contributed by atoms with E-state index in [2.05, 4.69) is 247 Å². The number of hydrogen-bond donors (Lipinski definition) is 0. The van der Waals surface area contributed by atoms with Crippen molar-refractivity contribution >= 4 is 61.7 Å². The molecule has 2 aliphatic rings. The summed E-state index contributed by atoms with van der Waals surface area (Å²) >= 11 is 0. The van der Waals surface area contributed by atoms with Crippen molar-refractivity contribution in [1.29, 1.82) is 0 Å². The Morgan fingerprint density at radius 1 is 0.324 bits per heavy atom. The van der Waals surface area contributed by atoms with Crippen molar-refractivity contribution in [2.24, 2.45) is 0 Å². The molecule has 0 radical (unpaired) electrons. The number of rotatable bonds is 6. The zero-order valence-electron chi connectivity index (χ0n) is 37.8. The number of aromatic nitrogens is 1. The lowest BCUT2D eigenvalue weighted by Crippen LogP contribution is -2.30. The largest absolute Gasteiger partial charge is 0.309 e. The van der Waals surface area contributed by atoms with Gasteiger partial charge in [-0.25, -0.2) is 0 Å². The van der Waals surface area contributed by atoms with Crippen LogP contribution in [0.25, 0.3) is 60.9 Å². The molecule has 0 unspecified atom stereocenters. The predicted molar refractivity (Wildman–Crippen MR) is 282 cm³/mol.